The Kier molecular flexibility index (Phi) is 5.38. The number of aromatic nitrogens is 1. The molecule has 0 saturated heterocycles. The van der Waals surface area contributed by atoms with Crippen molar-refractivity contribution < 1.29 is 4.79 Å². The first kappa shape index (κ1) is 18.1. The fraction of sp³-hybridized carbons (Fsp3) is 0.143. The van der Waals surface area contributed by atoms with Crippen molar-refractivity contribution in [3.05, 3.63) is 97.9 Å². The minimum atomic E-state index is -0.242. The topological polar surface area (TPSA) is 51.1 Å². The minimum Gasteiger partial charge on any atom is -0.322 e. The number of anilines is 1. The van der Waals surface area contributed by atoms with Gasteiger partial charge in [0.25, 0.3) is 11.5 Å². The Hall–Kier alpha value is -2.66. The fourth-order valence-electron chi connectivity index (χ4n) is 2.72. The molecule has 1 amide bonds. The Bertz CT molecular complexity index is 1020. The minimum absolute atomic E-state index is 0.135. The average molecular weight is 411 g/mol. The number of amides is 1. The normalized spacial score (nSPS) is 10.6. The molecule has 0 aliphatic carbocycles. The maximum atomic E-state index is 12.6. The molecule has 0 saturated carbocycles. The molecule has 2 aromatic carbocycles. The predicted octanol–water partition coefficient (Wildman–Crippen LogP) is 4.53. The number of aryl methyl sites for hydroxylation is 2. The Balaban J connectivity index is 1.86. The van der Waals surface area contributed by atoms with Crippen LogP contribution in [0.4, 0.5) is 5.69 Å². The highest BCUT2D eigenvalue weighted by Gasteiger charge is 2.10. The lowest BCUT2D eigenvalue weighted by Gasteiger charge is -2.12. The van der Waals surface area contributed by atoms with E-state index in [4.69, 9.17) is 0 Å². The summed E-state index contributed by atoms with van der Waals surface area (Å²) < 4.78 is 2.52. The second-order valence-electron chi connectivity index (χ2n) is 6.22. The second-order valence-corrected chi connectivity index (χ2v) is 7.14. The van der Waals surface area contributed by atoms with Crippen LogP contribution in [-0.4, -0.2) is 10.5 Å². The van der Waals surface area contributed by atoms with Crippen molar-refractivity contribution in [2.24, 2.45) is 0 Å². The van der Waals surface area contributed by atoms with Crippen LogP contribution in [0.15, 0.2) is 70.1 Å². The highest BCUT2D eigenvalue weighted by Crippen LogP contribution is 2.20. The van der Waals surface area contributed by atoms with Crippen LogP contribution in [0.25, 0.3) is 0 Å². The Morgan fingerprint density at radius 1 is 1.04 bits per heavy atom. The van der Waals surface area contributed by atoms with Gasteiger partial charge in [-0.05, 0) is 54.8 Å². The van der Waals surface area contributed by atoms with Crippen molar-refractivity contribution in [1.82, 2.24) is 4.57 Å². The van der Waals surface area contributed by atoms with Crippen molar-refractivity contribution >= 4 is 27.5 Å². The van der Waals surface area contributed by atoms with Gasteiger partial charge in [0.2, 0.25) is 0 Å². The van der Waals surface area contributed by atoms with Crippen molar-refractivity contribution in [3.8, 4) is 0 Å². The number of carbonyl (C=O) groups excluding carboxylic acids is 1. The second kappa shape index (κ2) is 7.70. The van der Waals surface area contributed by atoms with Gasteiger partial charge in [0.05, 0.1) is 12.1 Å². The van der Waals surface area contributed by atoms with E-state index < -0.39 is 0 Å². The van der Waals surface area contributed by atoms with Crippen LogP contribution in [0.1, 0.15) is 27.0 Å². The quantitative estimate of drug-likeness (QED) is 0.686. The molecule has 3 aromatic rings. The molecule has 0 radical (unpaired) electrons. The first-order valence-corrected chi connectivity index (χ1v) is 9.06. The molecular weight excluding hydrogens is 392 g/mol. The van der Waals surface area contributed by atoms with Gasteiger partial charge in [-0.25, -0.2) is 0 Å². The van der Waals surface area contributed by atoms with Crippen molar-refractivity contribution in [3.63, 3.8) is 0 Å². The van der Waals surface area contributed by atoms with Gasteiger partial charge < -0.3 is 9.88 Å². The van der Waals surface area contributed by atoms with E-state index in [1.54, 1.807) is 16.8 Å². The lowest BCUT2D eigenvalue weighted by molar-refractivity contribution is 0.102. The molecule has 5 heteroatoms. The molecule has 0 fully saturated rings. The lowest BCUT2D eigenvalue weighted by Crippen LogP contribution is -2.23. The van der Waals surface area contributed by atoms with Gasteiger partial charge in [0.15, 0.2) is 0 Å². The summed E-state index contributed by atoms with van der Waals surface area (Å²) in [5.74, 6) is -0.242. The van der Waals surface area contributed by atoms with Gasteiger partial charge in [-0.1, -0.05) is 40.2 Å². The van der Waals surface area contributed by atoms with Crippen LogP contribution < -0.4 is 10.9 Å². The number of halogens is 1. The third-order valence-electron chi connectivity index (χ3n) is 4.28. The number of pyridine rings is 1. The molecule has 1 heterocycles. The molecule has 0 aliphatic heterocycles. The molecule has 0 bridgehead atoms. The summed E-state index contributed by atoms with van der Waals surface area (Å²) in [6.45, 7) is 4.37. The molecule has 4 nitrogen and oxygen atoms in total. The summed E-state index contributed by atoms with van der Waals surface area (Å²) in [7, 11) is 0. The standard InChI is InChI=1S/C21H19BrN2O2/c1-14-5-3-4-6-16(14)12-24-13-17(7-10-20(24)25)21(26)23-19-9-8-18(22)11-15(19)2/h3-11,13H,12H2,1-2H3,(H,23,26). The predicted molar refractivity (Wildman–Crippen MR) is 108 cm³/mol. The molecule has 132 valence electrons. The molecule has 0 spiro atoms. The number of hydrogen-bond acceptors (Lipinski definition) is 2. The van der Waals surface area contributed by atoms with E-state index in [0.29, 0.717) is 12.1 Å². The first-order chi connectivity index (χ1) is 12.4. The van der Waals surface area contributed by atoms with E-state index in [2.05, 4.69) is 21.2 Å². The highest BCUT2D eigenvalue weighted by atomic mass is 79.9. The smallest absolute Gasteiger partial charge is 0.257 e. The molecule has 1 aromatic heterocycles. The zero-order valence-electron chi connectivity index (χ0n) is 14.6. The van der Waals surface area contributed by atoms with Gasteiger partial charge in [0.1, 0.15) is 0 Å². The largest absolute Gasteiger partial charge is 0.322 e. The summed E-state index contributed by atoms with van der Waals surface area (Å²) in [6, 6.07) is 16.6. The summed E-state index contributed by atoms with van der Waals surface area (Å²) in [4.78, 5) is 24.8. The number of nitrogens with one attached hydrogen (secondary N) is 1. The monoisotopic (exact) mass is 410 g/mol. The van der Waals surface area contributed by atoms with Gasteiger partial charge in [-0.15, -0.1) is 0 Å². The molecule has 1 N–H and O–H groups in total. The van der Waals surface area contributed by atoms with Gasteiger partial charge in [-0.3, -0.25) is 9.59 Å². The average Bonchev–Trinajstić information content (AvgIpc) is 2.61. The maximum Gasteiger partial charge on any atom is 0.257 e. The Morgan fingerprint density at radius 2 is 1.81 bits per heavy atom. The summed E-state index contributed by atoms with van der Waals surface area (Å²) in [6.07, 6.45) is 1.61. The van der Waals surface area contributed by atoms with Gasteiger partial charge >= 0.3 is 0 Å². The first-order valence-electron chi connectivity index (χ1n) is 8.26. The van der Waals surface area contributed by atoms with E-state index in [1.807, 2.05) is 56.3 Å². The van der Waals surface area contributed by atoms with Crippen molar-refractivity contribution in [2.45, 2.75) is 20.4 Å². The van der Waals surface area contributed by atoms with Crippen LogP contribution in [0.3, 0.4) is 0 Å². The zero-order valence-corrected chi connectivity index (χ0v) is 16.2. The van der Waals surface area contributed by atoms with Gasteiger partial charge in [-0.2, -0.15) is 0 Å². The van der Waals surface area contributed by atoms with Crippen molar-refractivity contribution in [1.29, 1.82) is 0 Å². The van der Waals surface area contributed by atoms with Crippen LogP contribution in [-0.2, 0) is 6.54 Å². The van der Waals surface area contributed by atoms with Crippen molar-refractivity contribution in [2.75, 3.05) is 5.32 Å². The van der Waals surface area contributed by atoms with Gasteiger partial charge in [0, 0.05) is 22.4 Å². The lowest BCUT2D eigenvalue weighted by atomic mass is 10.1. The number of benzene rings is 2. The maximum absolute atomic E-state index is 12.6. The Morgan fingerprint density at radius 3 is 2.54 bits per heavy atom. The van der Waals surface area contributed by atoms with Crippen LogP contribution in [0.5, 0.6) is 0 Å². The van der Waals surface area contributed by atoms with E-state index in [0.717, 1.165) is 26.9 Å². The highest BCUT2D eigenvalue weighted by molar-refractivity contribution is 9.10. The molecule has 0 aliphatic rings. The molecule has 26 heavy (non-hydrogen) atoms. The zero-order chi connectivity index (χ0) is 18.7. The van der Waals surface area contributed by atoms with Crippen LogP contribution in [0, 0.1) is 13.8 Å². The third kappa shape index (κ3) is 4.11. The number of nitrogens with zero attached hydrogens (tertiary/aromatic N) is 1. The number of carbonyl (C=O) groups is 1. The number of hydrogen-bond donors (Lipinski definition) is 1. The van der Waals surface area contributed by atoms with E-state index >= 15 is 0 Å². The summed E-state index contributed by atoms with van der Waals surface area (Å²) in [5.41, 5.74) is 4.18. The van der Waals surface area contributed by atoms with E-state index in [9.17, 15) is 9.59 Å². The summed E-state index contributed by atoms with van der Waals surface area (Å²) >= 11 is 3.41. The fourth-order valence-corrected chi connectivity index (χ4v) is 3.20. The summed E-state index contributed by atoms with van der Waals surface area (Å²) in [5, 5.41) is 2.90. The number of rotatable bonds is 4. The van der Waals surface area contributed by atoms with E-state index in [-0.39, 0.29) is 11.5 Å². The SMILES string of the molecule is Cc1ccccc1Cn1cc(C(=O)Nc2ccc(Br)cc2C)ccc1=O. The molecule has 3 rings (SSSR count). The van der Waals surface area contributed by atoms with Crippen LogP contribution in [0.2, 0.25) is 0 Å². The van der Waals surface area contributed by atoms with E-state index in [1.165, 1.54) is 6.07 Å². The Labute approximate surface area is 160 Å². The third-order valence-corrected chi connectivity index (χ3v) is 4.78. The molecule has 0 atom stereocenters. The molecular formula is C21H19BrN2O2. The van der Waals surface area contributed by atoms with Crippen LogP contribution >= 0.6 is 15.9 Å². The molecule has 0 unspecified atom stereocenters.